The fourth-order valence-electron chi connectivity index (χ4n) is 2.86. The van der Waals surface area contributed by atoms with E-state index >= 15 is 0 Å². The first-order chi connectivity index (χ1) is 11.6. The van der Waals surface area contributed by atoms with E-state index in [1.165, 1.54) is 18.2 Å². The normalized spacial score (nSPS) is 11.2. The van der Waals surface area contributed by atoms with Crippen LogP contribution in [0.4, 0.5) is 0 Å². The molecule has 0 aliphatic carbocycles. The van der Waals surface area contributed by atoms with Crippen LogP contribution in [-0.2, 0) is 6.42 Å². The van der Waals surface area contributed by atoms with E-state index in [0.29, 0.717) is 23.1 Å². The second-order valence-electron chi connectivity index (χ2n) is 5.59. The van der Waals surface area contributed by atoms with Crippen LogP contribution in [0.25, 0.3) is 21.8 Å². The Morgan fingerprint density at radius 3 is 2.79 bits per heavy atom. The van der Waals surface area contributed by atoms with Crippen LogP contribution in [0.2, 0.25) is 0 Å². The number of rotatable bonds is 3. The number of nitrogens with zero attached hydrogens (tertiary/aromatic N) is 1. The maximum absolute atomic E-state index is 12.2. The maximum Gasteiger partial charge on any atom is 0.335 e. The number of H-pyrrole nitrogens is 2. The molecule has 2 aromatic carbocycles. The smallest absolute Gasteiger partial charge is 0.335 e. The van der Waals surface area contributed by atoms with Crippen molar-refractivity contribution in [2.24, 2.45) is 0 Å². The topological polar surface area (TPSA) is 98.8 Å². The van der Waals surface area contributed by atoms with Gasteiger partial charge >= 0.3 is 5.97 Å². The molecule has 6 heteroatoms. The van der Waals surface area contributed by atoms with E-state index in [9.17, 15) is 9.59 Å². The van der Waals surface area contributed by atoms with Crippen LogP contribution >= 0.6 is 0 Å². The molecular formula is C18H13N3O3. The lowest BCUT2D eigenvalue weighted by molar-refractivity contribution is 0.0697. The van der Waals surface area contributed by atoms with E-state index < -0.39 is 5.97 Å². The van der Waals surface area contributed by atoms with Gasteiger partial charge in [-0.3, -0.25) is 4.79 Å². The van der Waals surface area contributed by atoms with Crippen molar-refractivity contribution in [3.63, 3.8) is 0 Å². The molecule has 0 bridgehead atoms. The van der Waals surface area contributed by atoms with E-state index in [1.54, 1.807) is 0 Å². The molecule has 0 spiro atoms. The fourth-order valence-corrected chi connectivity index (χ4v) is 2.86. The summed E-state index contributed by atoms with van der Waals surface area (Å²) in [5, 5.41) is 10.5. The summed E-state index contributed by atoms with van der Waals surface area (Å²) in [4.78, 5) is 33.7. The minimum atomic E-state index is -1.04. The Bertz CT molecular complexity index is 1140. The van der Waals surface area contributed by atoms with Gasteiger partial charge in [0.1, 0.15) is 5.82 Å². The maximum atomic E-state index is 12.2. The SMILES string of the molecule is O=C(O)c1ccc2c(=O)[nH]c(Cc3c[nH]c4ccccc34)nc2c1. The number of para-hydroxylation sites is 1. The van der Waals surface area contributed by atoms with E-state index in [1.807, 2.05) is 30.5 Å². The monoisotopic (exact) mass is 319 g/mol. The van der Waals surface area contributed by atoms with Crippen LogP contribution in [0.3, 0.4) is 0 Å². The van der Waals surface area contributed by atoms with Gasteiger partial charge in [0.2, 0.25) is 0 Å². The first kappa shape index (κ1) is 14.2. The van der Waals surface area contributed by atoms with Crippen LogP contribution in [0.15, 0.2) is 53.5 Å². The van der Waals surface area contributed by atoms with E-state index in [4.69, 9.17) is 5.11 Å². The molecule has 0 saturated carbocycles. The molecule has 0 amide bonds. The van der Waals surface area contributed by atoms with Gasteiger partial charge in [0.05, 0.1) is 16.5 Å². The second-order valence-corrected chi connectivity index (χ2v) is 5.59. The lowest BCUT2D eigenvalue weighted by Gasteiger charge is -2.04. The van der Waals surface area contributed by atoms with Gasteiger partial charge in [-0.05, 0) is 29.8 Å². The lowest BCUT2D eigenvalue weighted by atomic mass is 10.1. The number of fused-ring (bicyclic) bond motifs is 2. The average molecular weight is 319 g/mol. The van der Waals surface area contributed by atoms with Crippen LogP contribution in [0, 0.1) is 0 Å². The predicted octanol–water partition coefficient (Wildman–Crippen LogP) is 2.69. The van der Waals surface area contributed by atoms with Gasteiger partial charge in [-0.2, -0.15) is 0 Å². The number of hydrogen-bond donors (Lipinski definition) is 3. The summed E-state index contributed by atoms with van der Waals surface area (Å²) in [7, 11) is 0. The molecule has 0 aliphatic heterocycles. The van der Waals surface area contributed by atoms with Crippen LogP contribution in [0.5, 0.6) is 0 Å². The van der Waals surface area contributed by atoms with Crippen molar-refractivity contribution in [3.05, 3.63) is 76.0 Å². The number of aromatic carboxylic acids is 1. The molecule has 24 heavy (non-hydrogen) atoms. The van der Waals surface area contributed by atoms with Crippen LogP contribution in [-0.4, -0.2) is 26.0 Å². The summed E-state index contributed by atoms with van der Waals surface area (Å²) in [6.07, 6.45) is 2.34. The van der Waals surface area contributed by atoms with E-state index in [0.717, 1.165) is 16.5 Å². The highest BCUT2D eigenvalue weighted by Gasteiger charge is 2.10. The molecule has 6 nitrogen and oxygen atoms in total. The summed E-state index contributed by atoms with van der Waals surface area (Å²) in [6.45, 7) is 0. The van der Waals surface area contributed by atoms with Crippen molar-refractivity contribution in [1.29, 1.82) is 0 Å². The number of aromatic nitrogens is 3. The van der Waals surface area contributed by atoms with E-state index in [2.05, 4.69) is 15.0 Å². The number of carbonyl (C=O) groups is 1. The summed E-state index contributed by atoms with van der Waals surface area (Å²) in [6, 6.07) is 12.2. The van der Waals surface area contributed by atoms with Crippen molar-refractivity contribution in [2.75, 3.05) is 0 Å². The third kappa shape index (κ3) is 2.34. The first-order valence-corrected chi connectivity index (χ1v) is 7.43. The first-order valence-electron chi connectivity index (χ1n) is 7.43. The summed E-state index contributed by atoms with van der Waals surface area (Å²) >= 11 is 0. The lowest BCUT2D eigenvalue weighted by Crippen LogP contribution is -2.12. The minimum Gasteiger partial charge on any atom is -0.478 e. The highest BCUT2D eigenvalue weighted by atomic mass is 16.4. The third-order valence-corrected chi connectivity index (χ3v) is 4.04. The van der Waals surface area contributed by atoms with Gasteiger partial charge < -0.3 is 15.1 Å². The fraction of sp³-hybridized carbons (Fsp3) is 0.0556. The molecule has 2 heterocycles. The Labute approximate surface area is 135 Å². The summed E-state index contributed by atoms with van der Waals surface area (Å²) in [5.74, 6) is -0.544. The molecule has 4 aromatic rings. The Hall–Kier alpha value is -3.41. The number of hydrogen-bond acceptors (Lipinski definition) is 3. The molecule has 0 radical (unpaired) electrons. The Kier molecular flexibility index (Phi) is 3.16. The highest BCUT2D eigenvalue weighted by Crippen LogP contribution is 2.20. The number of benzene rings is 2. The molecule has 0 unspecified atom stereocenters. The van der Waals surface area contributed by atoms with Crippen molar-refractivity contribution in [1.82, 2.24) is 15.0 Å². The van der Waals surface area contributed by atoms with Crippen LogP contribution < -0.4 is 5.56 Å². The Balaban J connectivity index is 1.82. The zero-order chi connectivity index (χ0) is 16.7. The zero-order valence-electron chi connectivity index (χ0n) is 12.5. The zero-order valence-corrected chi connectivity index (χ0v) is 12.5. The predicted molar refractivity (Wildman–Crippen MR) is 90.4 cm³/mol. The van der Waals surface area contributed by atoms with Crippen molar-refractivity contribution >= 4 is 27.8 Å². The number of carboxylic acid groups (broad SMARTS) is 1. The van der Waals surface area contributed by atoms with Gasteiger partial charge in [-0.1, -0.05) is 18.2 Å². The quantitative estimate of drug-likeness (QED) is 0.540. The molecule has 0 fully saturated rings. The largest absolute Gasteiger partial charge is 0.478 e. The molecular weight excluding hydrogens is 306 g/mol. The molecule has 3 N–H and O–H groups in total. The van der Waals surface area contributed by atoms with E-state index in [-0.39, 0.29) is 11.1 Å². The van der Waals surface area contributed by atoms with Gasteiger partial charge in [0.15, 0.2) is 0 Å². The van der Waals surface area contributed by atoms with Crippen LogP contribution in [0.1, 0.15) is 21.7 Å². The second kappa shape index (κ2) is 5.34. The van der Waals surface area contributed by atoms with Crippen molar-refractivity contribution in [2.45, 2.75) is 6.42 Å². The average Bonchev–Trinajstić information content (AvgIpc) is 2.97. The van der Waals surface area contributed by atoms with Crippen molar-refractivity contribution in [3.8, 4) is 0 Å². The summed E-state index contributed by atoms with van der Waals surface area (Å²) < 4.78 is 0. The highest BCUT2D eigenvalue weighted by molar-refractivity contribution is 5.92. The molecule has 0 atom stereocenters. The van der Waals surface area contributed by atoms with Gasteiger partial charge in [0.25, 0.3) is 5.56 Å². The summed E-state index contributed by atoms with van der Waals surface area (Å²) in [5.41, 5.74) is 2.25. The molecule has 0 aliphatic rings. The number of aromatic amines is 2. The Morgan fingerprint density at radius 2 is 1.96 bits per heavy atom. The Morgan fingerprint density at radius 1 is 1.12 bits per heavy atom. The van der Waals surface area contributed by atoms with Gasteiger partial charge in [-0.25, -0.2) is 9.78 Å². The minimum absolute atomic E-state index is 0.110. The molecule has 118 valence electrons. The molecule has 2 aromatic heterocycles. The number of nitrogens with one attached hydrogen (secondary N) is 2. The third-order valence-electron chi connectivity index (χ3n) is 4.04. The van der Waals surface area contributed by atoms with Crippen molar-refractivity contribution < 1.29 is 9.90 Å². The van der Waals surface area contributed by atoms with Gasteiger partial charge in [0, 0.05) is 23.5 Å². The standard InChI is InChI=1S/C18H13N3O3/c22-17-13-6-5-10(18(23)24)7-15(13)20-16(21-17)8-11-9-19-14-4-2-1-3-12(11)14/h1-7,9,19H,8H2,(H,23,24)(H,20,21,22). The molecule has 4 rings (SSSR count). The van der Waals surface area contributed by atoms with Gasteiger partial charge in [-0.15, -0.1) is 0 Å². The number of carboxylic acids is 1. The molecule has 0 saturated heterocycles.